The Morgan fingerprint density at radius 3 is 2.80 bits per heavy atom. The number of nitrogen functional groups attached to an aromatic ring is 1. The minimum Gasteiger partial charge on any atom is -0.381 e. The summed E-state index contributed by atoms with van der Waals surface area (Å²) < 4.78 is 12.4. The quantitative estimate of drug-likeness (QED) is 0.609. The van der Waals surface area contributed by atoms with E-state index in [9.17, 15) is 4.39 Å². The molecule has 0 saturated heterocycles. The predicted molar refractivity (Wildman–Crippen MR) is 38.2 cm³/mol. The third-order valence-electron chi connectivity index (χ3n) is 1.13. The normalized spacial score (nSPS) is 9.40. The summed E-state index contributed by atoms with van der Waals surface area (Å²) in [4.78, 5) is 3.68. The van der Waals surface area contributed by atoms with Crippen LogP contribution in [-0.4, -0.2) is 12.0 Å². The van der Waals surface area contributed by atoms with Gasteiger partial charge in [0.25, 0.3) is 0 Å². The molecule has 0 radical (unpaired) electrons. The van der Waals surface area contributed by atoms with Gasteiger partial charge in [-0.1, -0.05) is 0 Å². The summed E-state index contributed by atoms with van der Waals surface area (Å²) in [5.41, 5.74) is 5.17. The molecule has 1 rings (SSSR count). The van der Waals surface area contributed by atoms with Crippen LogP contribution in [0.2, 0.25) is 0 Å². The molecule has 0 amide bonds. The second-order valence-electron chi connectivity index (χ2n) is 1.81. The molecule has 1 heterocycles. The van der Waals surface area contributed by atoms with Crippen LogP contribution in [0.3, 0.4) is 0 Å². The van der Waals surface area contributed by atoms with E-state index in [1.54, 1.807) is 7.05 Å². The predicted octanol–water partition coefficient (Wildman–Crippen LogP) is 0.845. The zero-order chi connectivity index (χ0) is 7.56. The van der Waals surface area contributed by atoms with E-state index in [4.69, 9.17) is 5.73 Å². The zero-order valence-corrected chi connectivity index (χ0v) is 5.56. The Morgan fingerprint density at radius 2 is 2.30 bits per heavy atom. The molecule has 3 nitrogen and oxygen atoms in total. The van der Waals surface area contributed by atoms with E-state index in [0.717, 1.165) is 0 Å². The Bertz CT molecular complexity index is 236. The summed E-state index contributed by atoms with van der Waals surface area (Å²) in [5, 5.41) is 2.74. The van der Waals surface area contributed by atoms with Gasteiger partial charge in [-0.15, -0.1) is 0 Å². The lowest BCUT2D eigenvalue weighted by Crippen LogP contribution is -1.98. The minimum atomic E-state index is -0.487. The van der Waals surface area contributed by atoms with Gasteiger partial charge < -0.3 is 11.1 Å². The number of nitrogens with one attached hydrogen (secondary N) is 1. The molecule has 0 aliphatic rings. The monoisotopic (exact) mass is 141 g/mol. The summed E-state index contributed by atoms with van der Waals surface area (Å²) >= 11 is 0. The molecule has 3 N–H and O–H groups in total. The first kappa shape index (κ1) is 6.80. The van der Waals surface area contributed by atoms with Crippen LogP contribution in [0.1, 0.15) is 0 Å². The molecule has 54 valence electrons. The fourth-order valence-electron chi connectivity index (χ4n) is 0.597. The second kappa shape index (κ2) is 2.51. The molecule has 1 aromatic rings. The van der Waals surface area contributed by atoms with E-state index in [2.05, 4.69) is 10.3 Å². The molecule has 0 saturated carbocycles. The average Bonchev–Trinajstić information content (AvgIpc) is 1.95. The number of pyridine rings is 1. The van der Waals surface area contributed by atoms with Crippen molar-refractivity contribution in [2.75, 3.05) is 18.1 Å². The lowest BCUT2D eigenvalue weighted by atomic mass is 10.4. The van der Waals surface area contributed by atoms with Crippen LogP contribution >= 0.6 is 0 Å². The lowest BCUT2D eigenvalue weighted by Gasteiger charge is -1.99. The van der Waals surface area contributed by atoms with Crippen LogP contribution in [-0.2, 0) is 0 Å². The van der Waals surface area contributed by atoms with E-state index in [-0.39, 0.29) is 5.82 Å². The molecule has 0 aliphatic carbocycles. The van der Waals surface area contributed by atoms with Gasteiger partial charge >= 0.3 is 0 Å². The largest absolute Gasteiger partial charge is 0.381 e. The SMILES string of the molecule is CNc1ccc(F)c(N)n1. The van der Waals surface area contributed by atoms with Crippen molar-refractivity contribution >= 4 is 11.6 Å². The second-order valence-corrected chi connectivity index (χ2v) is 1.81. The summed E-state index contributed by atoms with van der Waals surface area (Å²) in [5.74, 6) is 0.00440. The summed E-state index contributed by atoms with van der Waals surface area (Å²) in [6.07, 6.45) is 0. The molecule has 4 heteroatoms. The Morgan fingerprint density at radius 1 is 1.60 bits per heavy atom. The van der Waals surface area contributed by atoms with Crippen molar-refractivity contribution in [3.63, 3.8) is 0 Å². The van der Waals surface area contributed by atoms with Crippen molar-refractivity contribution in [3.8, 4) is 0 Å². The highest BCUT2D eigenvalue weighted by Gasteiger charge is 1.97. The van der Waals surface area contributed by atoms with Gasteiger partial charge in [-0.25, -0.2) is 9.37 Å². The van der Waals surface area contributed by atoms with Crippen molar-refractivity contribution in [1.82, 2.24) is 4.98 Å². The highest BCUT2D eigenvalue weighted by molar-refractivity contribution is 5.42. The van der Waals surface area contributed by atoms with E-state index in [1.165, 1.54) is 12.1 Å². The number of hydrogen-bond donors (Lipinski definition) is 2. The van der Waals surface area contributed by atoms with Crippen molar-refractivity contribution in [2.24, 2.45) is 0 Å². The molecular weight excluding hydrogens is 133 g/mol. The Balaban J connectivity index is 3.04. The molecule has 0 unspecified atom stereocenters. The molecule has 0 aliphatic heterocycles. The maximum absolute atomic E-state index is 12.4. The summed E-state index contributed by atoms with van der Waals surface area (Å²) in [6, 6.07) is 2.79. The standard InChI is InChI=1S/C6H8FN3/c1-9-5-3-2-4(7)6(8)10-5/h2-3H,1H3,(H3,8,9,10). The number of nitrogens with two attached hydrogens (primary N) is 1. The van der Waals surface area contributed by atoms with Crippen molar-refractivity contribution in [1.29, 1.82) is 0 Å². The van der Waals surface area contributed by atoms with E-state index in [1.807, 2.05) is 0 Å². The maximum atomic E-state index is 12.4. The van der Waals surface area contributed by atoms with E-state index >= 15 is 0 Å². The molecule has 0 atom stereocenters. The van der Waals surface area contributed by atoms with Gasteiger partial charge in [0.1, 0.15) is 5.82 Å². The third-order valence-corrected chi connectivity index (χ3v) is 1.13. The number of aromatic nitrogens is 1. The van der Waals surface area contributed by atoms with Crippen LogP contribution in [0.25, 0.3) is 0 Å². The number of anilines is 2. The molecule has 0 fully saturated rings. The topological polar surface area (TPSA) is 50.9 Å². The highest BCUT2D eigenvalue weighted by Crippen LogP contribution is 2.09. The first-order valence-electron chi connectivity index (χ1n) is 2.84. The molecule has 10 heavy (non-hydrogen) atoms. The van der Waals surface area contributed by atoms with E-state index in [0.29, 0.717) is 5.82 Å². The fourth-order valence-corrected chi connectivity index (χ4v) is 0.597. The van der Waals surface area contributed by atoms with Crippen LogP contribution in [0.15, 0.2) is 12.1 Å². The Hall–Kier alpha value is -1.32. The van der Waals surface area contributed by atoms with E-state index < -0.39 is 5.82 Å². The molecule has 1 aromatic heterocycles. The maximum Gasteiger partial charge on any atom is 0.165 e. The average molecular weight is 141 g/mol. The van der Waals surface area contributed by atoms with Crippen molar-refractivity contribution in [2.45, 2.75) is 0 Å². The first-order chi connectivity index (χ1) is 4.74. The number of halogens is 1. The van der Waals surface area contributed by atoms with Crippen LogP contribution in [0.4, 0.5) is 16.0 Å². The smallest absolute Gasteiger partial charge is 0.165 e. The van der Waals surface area contributed by atoms with Crippen molar-refractivity contribution in [3.05, 3.63) is 17.9 Å². The summed E-state index contributed by atoms with van der Waals surface area (Å²) in [7, 11) is 1.69. The number of hydrogen-bond acceptors (Lipinski definition) is 3. The summed E-state index contributed by atoms with van der Waals surface area (Å²) in [6.45, 7) is 0. The van der Waals surface area contributed by atoms with Gasteiger partial charge in [0.05, 0.1) is 0 Å². The Labute approximate surface area is 58.1 Å². The van der Waals surface area contributed by atoms with Gasteiger partial charge in [-0.2, -0.15) is 0 Å². The number of nitrogens with zero attached hydrogens (tertiary/aromatic N) is 1. The van der Waals surface area contributed by atoms with Gasteiger partial charge in [-0.05, 0) is 12.1 Å². The van der Waals surface area contributed by atoms with Gasteiger partial charge in [0, 0.05) is 7.05 Å². The number of rotatable bonds is 1. The molecule has 0 aromatic carbocycles. The van der Waals surface area contributed by atoms with Crippen molar-refractivity contribution < 1.29 is 4.39 Å². The first-order valence-corrected chi connectivity index (χ1v) is 2.84. The van der Waals surface area contributed by atoms with Crippen LogP contribution in [0, 0.1) is 5.82 Å². The molecule has 0 spiro atoms. The van der Waals surface area contributed by atoms with Crippen LogP contribution < -0.4 is 11.1 Å². The molecule has 0 bridgehead atoms. The minimum absolute atomic E-state index is 0.0770. The van der Waals surface area contributed by atoms with Gasteiger partial charge in [-0.3, -0.25) is 0 Å². The highest BCUT2D eigenvalue weighted by atomic mass is 19.1. The molecular formula is C6H8FN3. The van der Waals surface area contributed by atoms with Gasteiger partial charge in [0.15, 0.2) is 11.6 Å². The Kier molecular flexibility index (Phi) is 1.71. The fraction of sp³-hybridized carbons (Fsp3) is 0.167. The third kappa shape index (κ3) is 1.15. The lowest BCUT2D eigenvalue weighted by molar-refractivity contribution is 0.627. The van der Waals surface area contributed by atoms with Gasteiger partial charge in [0.2, 0.25) is 0 Å². The zero-order valence-electron chi connectivity index (χ0n) is 5.56. The van der Waals surface area contributed by atoms with Crippen LogP contribution in [0.5, 0.6) is 0 Å².